The van der Waals surface area contributed by atoms with Gasteiger partial charge in [-0.15, -0.1) is 0 Å². The molecule has 0 amide bonds. The molecule has 2 aromatic rings. The fourth-order valence-corrected chi connectivity index (χ4v) is 1.60. The maximum atomic E-state index is 5.70. The van der Waals surface area contributed by atoms with Gasteiger partial charge in [-0.05, 0) is 24.3 Å². The van der Waals surface area contributed by atoms with E-state index in [1.54, 1.807) is 13.3 Å². The average molecular weight is 244 g/mol. The van der Waals surface area contributed by atoms with Crippen molar-refractivity contribution < 1.29 is 9.47 Å². The molecule has 1 heterocycles. The van der Waals surface area contributed by atoms with Crippen LogP contribution >= 0.6 is 0 Å². The third-order valence-electron chi connectivity index (χ3n) is 2.55. The number of hydrogen-bond donors (Lipinski definition) is 1. The Balaban J connectivity index is 2.06. The minimum atomic E-state index is 0.413. The van der Waals surface area contributed by atoms with Gasteiger partial charge in [0.1, 0.15) is 6.61 Å². The first kappa shape index (κ1) is 12.2. The van der Waals surface area contributed by atoms with Crippen molar-refractivity contribution in [2.24, 2.45) is 0 Å². The molecule has 1 N–H and O–H groups in total. The largest absolute Gasteiger partial charge is 0.493 e. The first-order valence-electron chi connectivity index (χ1n) is 5.72. The van der Waals surface area contributed by atoms with E-state index in [1.165, 1.54) is 0 Å². The monoisotopic (exact) mass is 244 g/mol. The predicted octanol–water partition coefficient (Wildman–Crippen LogP) is 2.71. The summed E-state index contributed by atoms with van der Waals surface area (Å²) in [5.74, 6) is 1.44. The molecule has 0 unspecified atom stereocenters. The minimum Gasteiger partial charge on any atom is -0.493 e. The van der Waals surface area contributed by atoms with Gasteiger partial charge in [-0.3, -0.25) is 4.98 Å². The summed E-state index contributed by atoms with van der Waals surface area (Å²) >= 11 is 0. The van der Waals surface area contributed by atoms with Crippen LogP contribution in [0.25, 0.3) is 0 Å². The number of nitrogens with zero attached hydrogens (tertiary/aromatic N) is 1. The number of pyridine rings is 1. The van der Waals surface area contributed by atoms with E-state index in [0.717, 1.165) is 22.9 Å². The van der Waals surface area contributed by atoms with E-state index in [4.69, 9.17) is 9.47 Å². The van der Waals surface area contributed by atoms with Gasteiger partial charge in [-0.2, -0.15) is 0 Å². The van der Waals surface area contributed by atoms with Crippen molar-refractivity contribution >= 4 is 5.69 Å². The molecule has 0 fully saturated rings. The van der Waals surface area contributed by atoms with Gasteiger partial charge in [0, 0.05) is 18.9 Å². The number of aromatic nitrogens is 1. The van der Waals surface area contributed by atoms with Gasteiger partial charge in [-0.25, -0.2) is 0 Å². The Morgan fingerprint density at radius 1 is 1.17 bits per heavy atom. The molecular weight excluding hydrogens is 228 g/mol. The molecule has 2 rings (SSSR count). The van der Waals surface area contributed by atoms with E-state index in [0.29, 0.717) is 6.61 Å². The van der Waals surface area contributed by atoms with Gasteiger partial charge in [0.15, 0.2) is 11.5 Å². The van der Waals surface area contributed by atoms with E-state index in [1.807, 2.05) is 43.4 Å². The lowest BCUT2D eigenvalue weighted by Gasteiger charge is -2.10. The van der Waals surface area contributed by atoms with E-state index in [9.17, 15) is 0 Å². The third-order valence-corrected chi connectivity index (χ3v) is 2.55. The Bertz CT molecular complexity index is 515. The molecule has 94 valence electrons. The van der Waals surface area contributed by atoms with E-state index in [-0.39, 0.29) is 0 Å². The van der Waals surface area contributed by atoms with Crippen molar-refractivity contribution in [3.8, 4) is 11.5 Å². The SMILES string of the molecule is CNc1ccnc(COc2ccccc2OC)c1. The molecule has 0 aliphatic rings. The molecular formula is C14H16N2O2. The van der Waals surface area contributed by atoms with Crippen LogP contribution in [0.4, 0.5) is 5.69 Å². The molecule has 0 saturated heterocycles. The molecule has 0 aliphatic carbocycles. The van der Waals surface area contributed by atoms with Gasteiger partial charge in [0.25, 0.3) is 0 Å². The Labute approximate surface area is 107 Å². The highest BCUT2D eigenvalue weighted by atomic mass is 16.5. The Kier molecular flexibility index (Phi) is 4.02. The highest BCUT2D eigenvalue weighted by molar-refractivity contribution is 5.43. The van der Waals surface area contributed by atoms with Crippen molar-refractivity contribution in [2.45, 2.75) is 6.61 Å². The number of rotatable bonds is 5. The summed E-state index contributed by atoms with van der Waals surface area (Å²) in [6.45, 7) is 0.413. The summed E-state index contributed by atoms with van der Waals surface area (Å²) in [7, 11) is 3.50. The maximum absolute atomic E-state index is 5.70. The summed E-state index contributed by atoms with van der Waals surface area (Å²) in [4.78, 5) is 4.25. The lowest BCUT2D eigenvalue weighted by molar-refractivity contribution is 0.281. The van der Waals surface area contributed by atoms with E-state index >= 15 is 0 Å². The molecule has 0 radical (unpaired) electrons. The zero-order chi connectivity index (χ0) is 12.8. The third kappa shape index (κ3) is 2.91. The first-order chi connectivity index (χ1) is 8.83. The van der Waals surface area contributed by atoms with Crippen LogP contribution < -0.4 is 14.8 Å². The number of benzene rings is 1. The number of nitrogens with one attached hydrogen (secondary N) is 1. The molecule has 0 atom stereocenters. The topological polar surface area (TPSA) is 43.4 Å². The zero-order valence-corrected chi connectivity index (χ0v) is 10.5. The van der Waals surface area contributed by atoms with Crippen LogP contribution in [0, 0.1) is 0 Å². The molecule has 1 aromatic carbocycles. The average Bonchev–Trinajstić information content (AvgIpc) is 2.45. The second-order valence-corrected chi connectivity index (χ2v) is 3.73. The molecule has 4 heteroatoms. The molecule has 1 aromatic heterocycles. The van der Waals surface area contributed by atoms with Gasteiger partial charge in [-0.1, -0.05) is 12.1 Å². The predicted molar refractivity (Wildman–Crippen MR) is 71.1 cm³/mol. The smallest absolute Gasteiger partial charge is 0.161 e. The molecule has 0 aliphatic heterocycles. The second-order valence-electron chi connectivity index (χ2n) is 3.73. The van der Waals surface area contributed by atoms with Crippen LogP contribution in [0.1, 0.15) is 5.69 Å². The van der Waals surface area contributed by atoms with Crippen molar-refractivity contribution in [1.82, 2.24) is 4.98 Å². The standard InChI is InChI=1S/C14H16N2O2/c1-15-11-7-8-16-12(9-11)10-18-14-6-4-3-5-13(14)17-2/h3-9H,10H2,1-2H3,(H,15,16). The quantitative estimate of drug-likeness (QED) is 0.878. The molecule has 18 heavy (non-hydrogen) atoms. The van der Waals surface area contributed by atoms with Crippen LogP contribution in [0.2, 0.25) is 0 Å². The lowest BCUT2D eigenvalue weighted by atomic mass is 10.3. The van der Waals surface area contributed by atoms with Crippen LogP contribution in [-0.4, -0.2) is 19.1 Å². The van der Waals surface area contributed by atoms with Crippen molar-refractivity contribution in [3.63, 3.8) is 0 Å². The van der Waals surface area contributed by atoms with Gasteiger partial charge in [0.05, 0.1) is 12.8 Å². The van der Waals surface area contributed by atoms with Crippen LogP contribution in [-0.2, 0) is 6.61 Å². The number of hydrogen-bond acceptors (Lipinski definition) is 4. The second kappa shape index (κ2) is 5.91. The van der Waals surface area contributed by atoms with Crippen LogP contribution in [0.15, 0.2) is 42.6 Å². The summed E-state index contributed by atoms with van der Waals surface area (Å²) in [6.07, 6.45) is 1.76. The summed E-state index contributed by atoms with van der Waals surface area (Å²) in [6, 6.07) is 11.4. The van der Waals surface area contributed by atoms with Crippen molar-refractivity contribution in [2.75, 3.05) is 19.5 Å². The molecule has 0 saturated carbocycles. The fraction of sp³-hybridized carbons (Fsp3) is 0.214. The number of para-hydroxylation sites is 2. The zero-order valence-electron chi connectivity index (χ0n) is 10.5. The van der Waals surface area contributed by atoms with Crippen LogP contribution in [0.5, 0.6) is 11.5 Å². The lowest BCUT2D eigenvalue weighted by Crippen LogP contribution is -2.00. The first-order valence-corrected chi connectivity index (χ1v) is 5.72. The fourth-order valence-electron chi connectivity index (χ4n) is 1.60. The van der Waals surface area contributed by atoms with E-state index < -0.39 is 0 Å². The van der Waals surface area contributed by atoms with Gasteiger partial charge in [0.2, 0.25) is 0 Å². The highest BCUT2D eigenvalue weighted by Gasteiger charge is 2.03. The summed E-state index contributed by atoms with van der Waals surface area (Å²) in [5, 5.41) is 3.07. The molecule has 4 nitrogen and oxygen atoms in total. The maximum Gasteiger partial charge on any atom is 0.161 e. The van der Waals surface area contributed by atoms with Gasteiger partial charge < -0.3 is 14.8 Å². The summed E-state index contributed by atoms with van der Waals surface area (Å²) < 4.78 is 10.9. The Morgan fingerprint density at radius 2 is 1.94 bits per heavy atom. The Morgan fingerprint density at radius 3 is 2.67 bits per heavy atom. The van der Waals surface area contributed by atoms with Crippen molar-refractivity contribution in [1.29, 1.82) is 0 Å². The van der Waals surface area contributed by atoms with Gasteiger partial charge >= 0.3 is 0 Å². The molecule has 0 bridgehead atoms. The Hall–Kier alpha value is -2.23. The normalized spacial score (nSPS) is 9.89. The number of methoxy groups -OCH3 is 1. The number of ether oxygens (including phenoxy) is 2. The van der Waals surface area contributed by atoms with Crippen molar-refractivity contribution in [3.05, 3.63) is 48.3 Å². The highest BCUT2D eigenvalue weighted by Crippen LogP contribution is 2.26. The number of anilines is 1. The minimum absolute atomic E-state index is 0.413. The summed E-state index contributed by atoms with van der Waals surface area (Å²) in [5.41, 5.74) is 1.89. The van der Waals surface area contributed by atoms with Crippen LogP contribution in [0.3, 0.4) is 0 Å². The molecule has 0 spiro atoms. The van der Waals surface area contributed by atoms with E-state index in [2.05, 4.69) is 10.3 Å².